The van der Waals surface area contributed by atoms with Crippen molar-refractivity contribution in [3.8, 4) is 0 Å². The summed E-state index contributed by atoms with van der Waals surface area (Å²) in [7, 11) is 1.84. The van der Waals surface area contributed by atoms with Crippen LogP contribution in [0, 0.1) is 5.92 Å². The van der Waals surface area contributed by atoms with Crippen LogP contribution in [0.1, 0.15) is 26.2 Å². The number of amides is 1. The average molecular weight is 214 g/mol. The molecule has 88 valence electrons. The fraction of sp³-hybridized carbons (Fsp3) is 0.909. The molecule has 1 atom stereocenters. The smallest absolute Gasteiger partial charge is 0.239 e. The number of ether oxygens (including phenoxy) is 1. The molecule has 0 spiro atoms. The van der Waals surface area contributed by atoms with Crippen LogP contribution in [-0.4, -0.2) is 43.7 Å². The Kier molecular flexibility index (Phi) is 5.05. The number of carbonyl (C=O) groups is 1. The number of carbonyl (C=O) groups excluding carboxylic acids is 1. The molecule has 4 heteroatoms. The summed E-state index contributed by atoms with van der Waals surface area (Å²) in [6.45, 7) is 4.40. The number of hydrogen-bond acceptors (Lipinski definition) is 3. The number of likely N-dealkylation sites (N-methyl/N-ethyl adjacent to an activating group) is 1. The van der Waals surface area contributed by atoms with Gasteiger partial charge in [0.05, 0.1) is 6.04 Å². The Bertz CT molecular complexity index is 203. The highest BCUT2D eigenvalue weighted by molar-refractivity contribution is 5.81. The maximum absolute atomic E-state index is 11.7. The molecule has 1 fully saturated rings. The standard InChI is InChI=1S/C11H22N2O2/c1-3-10(12)11(14)13(2)8-9-4-6-15-7-5-9/h9-10H,3-8,12H2,1-2H3. The van der Waals surface area contributed by atoms with E-state index in [-0.39, 0.29) is 11.9 Å². The van der Waals surface area contributed by atoms with Gasteiger partial charge in [-0.25, -0.2) is 0 Å². The van der Waals surface area contributed by atoms with Gasteiger partial charge >= 0.3 is 0 Å². The fourth-order valence-electron chi connectivity index (χ4n) is 1.86. The van der Waals surface area contributed by atoms with Crippen molar-refractivity contribution in [1.29, 1.82) is 0 Å². The topological polar surface area (TPSA) is 55.6 Å². The second kappa shape index (κ2) is 6.08. The minimum atomic E-state index is -0.338. The Balaban J connectivity index is 2.33. The minimum absolute atomic E-state index is 0.0593. The van der Waals surface area contributed by atoms with Crippen LogP contribution in [0.4, 0.5) is 0 Å². The first kappa shape index (κ1) is 12.5. The molecule has 0 aliphatic carbocycles. The Labute approximate surface area is 91.8 Å². The number of nitrogens with zero attached hydrogens (tertiary/aromatic N) is 1. The molecule has 0 saturated carbocycles. The molecule has 1 rings (SSSR count). The van der Waals surface area contributed by atoms with Crippen molar-refractivity contribution < 1.29 is 9.53 Å². The summed E-state index contributed by atoms with van der Waals surface area (Å²) in [4.78, 5) is 13.5. The third-order valence-electron chi connectivity index (χ3n) is 3.01. The lowest BCUT2D eigenvalue weighted by Gasteiger charge is -2.28. The third kappa shape index (κ3) is 3.80. The van der Waals surface area contributed by atoms with Crippen LogP contribution in [0.2, 0.25) is 0 Å². The van der Waals surface area contributed by atoms with Gasteiger partial charge in [0.15, 0.2) is 0 Å². The molecule has 1 aliphatic rings. The van der Waals surface area contributed by atoms with Crippen LogP contribution in [0.15, 0.2) is 0 Å². The van der Waals surface area contributed by atoms with Crippen LogP contribution in [0.5, 0.6) is 0 Å². The van der Waals surface area contributed by atoms with Crippen LogP contribution in [-0.2, 0) is 9.53 Å². The zero-order valence-corrected chi connectivity index (χ0v) is 9.74. The van der Waals surface area contributed by atoms with E-state index >= 15 is 0 Å². The van der Waals surface area contributed by atoms with Crippen molar-refractivity contribution in [2.24, 2.45) is 11.7 Å². The van der Waals surface area contributed by atoms with Crippen molar-refractivity contribution >= 4 is 5.91 Å². The van der Waals surface area contributed by atoms with Gasteiger partial charge in [0, 0.05) is 26.8 Å². The molecule has 0 aromatic carbocycles. The molecule has 0 aromatic rings. The zero-order valence-electron chi connectivity index (χ0n) is 9.74. The molecule has 1 amide bonds. The summed E-state index contributed by atoms with van der Waals surface area (Å²) in [6.07, 6.45) is 2.81. The molecular weight excluding hydrogens is 192 g/mol. The van der Waals surface area contributed by atoms with Crippen LogP contribution < -0.4 is 5.73 Å². The van der Waals surface area contributed by atoms with Gasteiger partial charge in [0.1, 0.15) is 0 Å². The van der Waals surface area contributed by atoms with Gasteiger partial charge in [-0.15, -0.1) is 0 Å². The molecule has 15 heavy (non-hydrogen) atoms. The highest BCUT2D eigenvalue weighted by Crippen LogP contribution is 2.15. The van der Waals surface area contributed by atoms with Gasteiger partial charge in [0.2, 0.25) is 5.91 Å². The molecule has 0 bridgehead atoms. The summed E-state index contributed by atoms with van der Waals surface area (Å²) in [5, 5.41) is 0. The zero-order chi connectivity index (χ0) is 11.3. The maximum Gasteiger partial charge on any atom is 0.239 e. The van der Waals surface area contributed by atoms with Gasteiger partial charge in [0.25, 0.3) is 0 Å². The van der Waals surface area contributed by atoms with E-state index in [4.69, 9.17) is 10.5 Å². The molecule has 1 aliphatic heterocycles. The van der Waals surface area contributed by atoms with E-state index in [9.17, 15) is 4.79 Å². The van der Waals surface area contributed by atoms with E-state index in [1.807, 2.05) is 14.0 Å². The lowest BCUT2D eigenvalue weighted by Crippen LogP contribution is -2.43. The van der Waals surface area contributed by atoms with Crippen molar-refractivity contribution in [3.63, 3.8) is 0 Å². The lowest BCUT2D eigenvalue weighted by atomic mass is 9.99. The van der Waals surface area contributed by atoms with Crippen molar-refractivity contribution in [2.45, 2.75) is 32.2 Å². The summed E-state index contributed by atoms with van der Waals surface area (Å²) in [6, 6.07) is -0.338. The van der Waals surface area contributed by atoms with Crippen LogP contribution in [0.3, 0.4) is 0 Å². The van der Waals surface area contributed by atoms with Gasteiger partial charge in [-0.1, -0.05) is 6.92 Å². The third-order valence-corrected chi connectivity index (χ3v) is 3.01. The van der Waals surface area contributed by atoms with E-state index < -0.39 is 0 Å². The van der Waals surface area contributed by atoms with E-state index in [0.717, 1.165) is 32.6 Å². The first-order chi connectivity index (χ1) is 7.15. The van der Waals surface area contributed by atoms with Gasteiger partial charge < -0.3 is 15.4 Å². The quantitative estimate of drug-likeness (QED) is 0.746. The van der Waals surface area contributed by atoms with E-state index in [1.165, 1.54) is 0 Å². The maximum atomic E-state index is 11.7. The van der Waals surface area contributed by atoms with Crippen LogP contribution in [0.25, 0.3) is 0 Å². The van der Waals surface area contributed by atoms with Gasteiger partial charge in [-0.2, -0.15) is 0 Å². The highest BCUT2D eigenvalue weighted by atomic mass is 16.5. The first-order valence-corrected chi connectivity index (χ1v) is 5.73. The van der Waals surface area contributed by atoms with Crippen molar-refractivity contribution in [2.75, 3.05) is 26.8 Å². The Morgan fingerprint density at radius 2 is 2.13 bits per heavy atom. The largest absolute Gasteiger partial charge is 0.381 e. The van der Waals surface area contributed by atoms with E-state index in [1.54, 1.807) is 4.90 Å². The van der Waals surface area contributed by atoms with Gasteiger partial charge in [-0.05, 0) is 25.2 Å². The number of nitrogens with two attached hydrogens (primary N) is 1. The first-order valence-electron chi connectivity index (χ1n) is 5.73. The predicted octanol–water partition coefficient (Wildman–Crippen LogP) is 0.609. The Morgan fingerprint density at radius 3 is 2.67 bits per heavy atom. The SMILES string of the molecule is CCC(N)C(=O)N(C)CC1CCOCC1. The molecule has 1 unspecified atom stereocenters. The lowest BCUT2D eigenvalue weighted by molar-refractivity contribution is -0.132. The molecule has 1 saturated heterocycles. The molecule has 0 aromatic heterocycles. The van der Waals surface area contributed by atoms with Gasteiger partial charge in [-0.3, -0.25) is 4.79 Å². The second-order valence-corrected chi connectivity index (χ2v) is 4.29. The van der Waals surface area contributed by atoms with E-state index in [0.29, 0.717) is 12.3 Å². The Hall–Kier alpha value is -0.610. The molecule has 2 N–H and O–H groups in total. The molecule has 0 radical (unpaired) electrons. The summed E-state index contributed by atoms with van der Waals surface area (Å²) in [5.74, 6) is 0.640. The second-order valence-electron chi connectivity index (χ2n) is 4.29. The molecule has 1 heterocycles. The minimum Gasteiger partial charge on any atom is -0.381 e. The van der Waals surface area contributed by atoms with E-state index in [2.05, 4.69) is 0 Å². The number of rotatable bonds is 4. The van der Waals surface area contributed by atoms with Crippen LogP contribution >= 0.6 is 0 Å². The molecular formula is C11H22N2O2. The normalized spacial score (nSPS) is 19.9. The molecule has 4 nitrogen and oxygen atoms in total. The van der Waals surface area contributed by atoms with Crippen molar-refractivity contribution in [1.82, 2.24) is 4.90 Å². The fourth-order valence-corrected chi connectivity index (χ4v) is 1.86. The van der Waals surface area contributed by atoms with Crippen molar-refractivity contribution in [3.05, 3.63) is 0 Å². The summed E-state index contributed by atoms with van der Waals surface area (Å²) < 4.78 is 5.28. The summed E-state index contributed by atoms with van der Waals surface area (Å²) >= 11 is 0. The predicted molar refractivity (Wildman–Crippen MR) is 59.4 cm³/mol. The highest BCUT2D eigenvalue weighted by Gasteiger charge is 2.21. The summed E-state index contributed by atoms with van der Waals surface area (Å²) in [5.41, 5.74) is 5.71. The monoisotopic (exact) mass is 214 g/mol. The Morgan fingerprint density at radius 1 is 1.53 bits per heavy atom. The average Bonchev–Trinajstić information content (AvgIpc) is 2.28. The number of hydrogen-bond donors (Lipinski definition) is 1.